The Labute approximate surface area is 184 Å². The molecule has 2 amide bonds. The molecule has 8 heteroatoms. The summed E-state index contributed by atoms with van der Waals surface area (Å²) >= 11 is 6.04. The fourth-order valence-corrected chi connectivity index (χ4v) is 4.58. The molecule has 0 unspecified atom stereocenters. The molecule has 0 bridgehead atoms. The molecule has 0 radical (unpaired) electrons. The second-order valence-electron chi connectivity index (χ2n) is 8.14. The Balaban J connectivity index is 1.15. The van der Waals surface area contributed by atoms with Gasteiger partial charge in [0.25, 0.3) is 0 Å². The highest BCUT2D eigenvalue weighted by Crippen LogP contribution is 2.50. The van der Waals surface area contributed by atoms with Crippen LogP contribution in [0.5, 0.6) is 11.5 Å². The molecule has 2 atom stereocenters. The second-order valence-corrected chi connectivity index (χ2v) is 8.55. The number of fused-ring (bicyclic) bond motifs is 1. The smallest absolute Gasteiger partial charge is 0.231 e. The molecule has 0 N–H and O–H groups in total. The summed E-state index contributed by atoms with van der Waals surface area (Å²) in [7, 11) is 0. The lowest BCUT2D eigenvalue weighted by Gasteiger charge is -2.35. The van der Waals surface area contributed by atoms with Crippen molar-refractivity contribution in [3.63, 3.8) is 0 Å². The van der Waals surface area contributed by atoms with Gasteiger partial charge in [0.05, 0.1) is 6.42 Å². The zero-order valence-corrected chi connectivity index (χ0v) is 17.6. The van der Waals surface area contributed by atoms with Gasteiger partial charge in [-0.15, -0.1) is 0 Å². The molecular formula is C23H22ClFN2O4. The van der Waals surface area contributed by atoms with Crippen LogP contribution in [-0.2, 0) is 16.0 Å². The molecule has 31 heavy (non-hydrogen) atoms. The number of hydrogen-bond acceptors (Lipinski definition) is 4. The summed E-state index contributed by atoms with van der Waals surface area (Å²) in [4.78, 5) is 29.0. The van der Waals surface area contributed by atoms with E-state index in [9.17, 15) is 14.0 Å². The minimum absolute atomic E-state index is 0.0279. The Morgan fingerprint density at radius 1 is 1.03 bits per heavy atom. The summed E-state index contributed by atoms with van der Waals surface area (Å²) in [5.41, 5.74) is 1.32. The van der Waals surface area contributed by atoms with E-state index in [0.29, 0.717) is 26.2 Å². The molecule has 2 heterocycles. The Morgan fingerprint density at radius 2 is 1.77 bits per heavy atom. The number of piperazine rings is 1. The summed E-state index contributed by atoms with van der Waals surface area (Å²) < 4.78 is 24.7. The molecule has 0 spiro atoms. The predicted octanol–water partition coefficient (Wildman–Crippen LogP) is 3.22. The van der Waals surface area contributed by atoms with Gasteiger partial charge in [-0.05, 0) is 42.2 Å². The minimum atomic E-state index is -0.474. The van der Waals surface area contributed by atoms with Crippen LogP contribution in [0.1, 0.15) is 23.5 Å². The number of hydrogen-bond donors (Lipinski definition) is 0. The van der Waals surface area contributed by atoms with Crippen LogP contribution < -0.4 is 9.47 Å². The number of nitrogens with zero attached hydrogens (tertiary/aromatic N) is 2. The van der Waals surface area contributed by atoms with Gasteiger partial charge in [0.1, 0.15) is 5.82 Å². The van der Waals surface area contributed by atoms with E-state index in [-0.39, 0.29) is 47.5 Å². The largest absolute Gasteiger partial charge is 0.454 e. The lowest BCUT2D eigenvalue weighted by Crippen LogP contribution is -2.51. The highest BCUT2D eigenvalue weighted by atomic mass is 35.5. The zero-order valence-electron chi connectivity index (χ0n) is 16.9. The van der Waals surface area contributed by atoms with Gasteiger partial charge in [0, 0.05) is 42.7 Å². The van der Waals surface area contributed by atoms with E-state index in [1.165, 1.54) is 12.1 Å². The zero-order chi connectivity index (χ0) is 21.5. The normalized spacial score (nSPS) is 21.9. The predicted molar refractivity (Wildman–Crippen MR) is 112 cm³/mol. The molecule has 2 fully saturated rings. The molecule has 1 aliphatic carbocycles. The van der Waals surface area contributed by atoms with Gasteiger partial charge in [-0.25, -0.2) is 4.39 Å². The molecule has 2 aliphatic heterocycles. The van der Waals surface area contributed by atoms with Crippen molar-refractivity contribution < 1.29 is 23.5 Å². The summed E-state index contributed by atoms with van der Waals surface area (Å²) in [6, 6.07) is 10.3. The topological polar surface area (TPSA) is 59.1 Å². The highest BCUT2D eigenvalue weighted by molar-refractivity contribution is 6.31. The van der Waals surface area contributed by atoms with Crippen molar-refractivity contribution in [2.45, 2.75) is 18.8 Å². The first kappa shape index (κ1) is 20.1. The van der Waals surface area contributed by atoms with Gasteiger partial charge >= 0.3 is 0 Å². The van der Waals surface area contributed by atoms with Gasteiger partial charge < -0.3 is 19.3 Å². The van der Waals surface area contributed by atoms with Crippen LogP contribution in [-0.4, -0.2) is 54.6 Å². The van der Waals surface area contributed by atoms with Crippen LogP contribution in [0.25, 0.3) is 0 Å². The van der Waals surface area contributed by atoms with Gasteiger partial charge in [0.15, 0.2) is 11.5 Å². The first-order valence-corrected chi connectivity index (χ1v) is 10.8. The molecule has 6 nitrogen and oxygen atoms in total. The maximum absolute atomic E-state index is 14.0. The van der Waals surface area contributed by atoms with Crippen LogP contribution >= 0.6 is 11.6 Å². The molecule has 2 aromatic rings. The molecule has 5 rings (SSSR count). The van der Waals surface area contributed by atoms with Crippen LogP contribution in [0.4, 0.5) is 4.39 Å². The van der Waals surface area contributed by atoms with Gasteiger partial charge in [-0.2, -0.15) is 0 Å². The molecule has 3 aliphatic rings. The Kier molecular flexibility index (Phi) is 5.22. The third-order valence-electron chi connectivity index (χ3n) is 6.27. The lowest BCUT2D eigenvalue weighted by molar-refractivity contribution is -0.140. The Bertz CT molecular complexity index is 1020. The number of ether oxygens (including phenoxy) is 2. The quantitative estimate of drug-likeness (QED) is 0.726. The van der Waals surface area contributed by atoms with Crippen molar-refractivity contribution >= 4 is 23.4 Å². The van der Waals surface area contributed by atoms with E-state index in [2.05, 4.69) is 0 Å². The number of carbonyl (C=O) groups is 2. The lowest BCUT2D eigenvalue weighted by atomic mass is 10.1. The van der Waals surface area contributed by atoms with E-state index < -0.39 is 5.82 Å². The molecule has 0 aromatic heterocycles. The number of benzene rings is 2. The van der Waals surface area contributed by atoms with Crippen molar-refractivity contribution in [3.05, 3.63) is 58.4 Å². The SMILES string of the molecule is O=C(Cc1c(F)cccc1Cl)N1CCN(C(=O)[C@H]2C[C@@H]2c2ccc3c(c2)OCO3)CC1. The van der Waals surface area contributed by atoms with Gasteiger partial charge in [-0.3, -0.25) is 9.59 Å². The second kappa shape index (κ2) is 8.04. The Hall–Kier alpha value is -2.80. The van der Waals surface area contributed by atoms with Crippen molar-refractivity contribution in [2.24, 2.45) is 5.92 Å². The van der Waals surface area contributed by atoms with Gasteiger partial charge in [-0.1, -0.05) is 23.7 Å². The molecule has 162 valence electrons. The molecule has 1 saturated carbocycles. The van der Waals surface area contributed by atoms with Crippen LogP contribution in [0, 0.1) is 11.7 Å². The molecule has 2 aromatic carbocycles. The van der Waals surface area contributed by atoms with Crippen LogP contribution in [0.3, 0.4) is 0 Å². The maximum Gasteiger partial charge on any atom is 0.231 e. The van der Waals surface area contributed by atoms with Crippen molar-refractivity contribution in [2.75, 3.05) is 33.0 Å². The van der Waals surface area contributed by atoms with Crippen molar-refractivity contribution in [1.82, 2.24) is 9.80 Å². The van der Waals surface area contributed by atoms with E-state index >= 15 is 0 Å². The summed E-state index contributed by atoms with van der Waals surface area (Å²) in [5.74, 6) is 1.13. The fourth-order valence-electron chi connectivity index (χ4n) is 4.36. The number of halogens is 2. The summed E-state index contributed by atoms with van der Waals surface area (Å²) in [6.07, 6.45) is 0.748. The number of carbonyl (C=O) groups excluding carboxylic acids is 2. The van der Waals surface area contributed by atoms with Crippen molar-refractivity contribution in [1.29, 1.82) is 0 Å². The minimum Gasteiger partial charge on any atom is -0.454 e. The number of amides is 2. The Morgan fingerprint density at radius 3 is 2.55 bits per heavy atom. The average molecular weight is 445 g/mol. The van der Waals surface area contributed by atoms with Crippen molar-refractivity contribution in [3.8, 4) is 11.5 Å². The molecule has 1 saturated heterocycles. The monoisotopic (exact) mass is 444 g/mol. The first-order valence-electron chi connectivity index (χ1n) is 10.4. The van der Waals surface area contributed by atoms with E-state index in [4.69, 9.17) is 21.1 Å². The summed E-state index contributed by atoms with van der Waals surface area (Å²) in [5, 5.41) is 0.255. The standard InChI is InChI=1S/C23H22ClFN2O4/c24-18-2-1-3-19(25)17(18)12-22(28)26-6-8-27(9-7-26)23(29)16-11-15(16)14-4-5-20-21(10-14)31-13-30-20/h1-5,10,15-16H,6-9,11-13H2/t15-,16+/m1/s1. The maximum atomic E-state index is 14.0. The van der Waals surface area contributed by atoms with E-state index in [0.717, 1.165) is 23.5 Å². The number of rotatable bonds is 4. The third kappa shape index (κ3) is 3.94. The van der Waals surface area contributed by atoms with Crippen LogP contribution in [0.15, 0.2) is 36.4 Å². The molecular weight excluding hydrogens is 423 g/mol. The van der Waals surface area contributed by atoms with E-state index in [1.807, 2.05) is 23.1 Å². The summed E-state index contributed by atoms with van der Waals surface area (Å²) in [6.45, 7) is 2.09. The first-order chi connectivity index (χ1) is 15.0. The van der Waals surface area contributed by atoms with Gasteiger partial charge in [0.2, 0.25) is 18.6 Å². The average Bonchev–Trinajstić information content (AvgIpc) is 3.44. The van der Waals surface area contributed by atoms with Crippen LogP contribution in [0.2, 0.25) is 5.02 Å². The fraction of sp³-hybridized carbons (Fsp3) is 0.391. The third-order valence-corrected chi connectivity index (χ3v) is 6.62. The van der Waals surface area contributed by atoms with E-state index in [1.54, 1.807) is 11.0 Å². The highest BCUT2D eigenvalue weighted by Gasteiger charge is 2.46.